The lowest BCUT2D eigenvalue weighted by Gasteiger charge is -2.07. The number of amides is 1. The van der Waals surface area contributed by atoms with Gasteiger partial charge in [0.25, 0.3) is 5.69 Å². The second kappa shape index (κ2) is 6.85. The molecule has 0 saturated carbocycles. The summed E-state index contributed by atoms with van der Waals surface area (Å²) in [4.78, 5) is 21.7. The Bertz CT molecular complexity index is 655. The number of carbonyl (C=O) groups is 1. The van der Waals surface area contributed by atoms with E-state index in [0.717, 1.165) is 0 Å². The summed E-state index contributed by atoms with van der Waals surface area (Å²) in [6.45, 7) is 0. The summed E-state index contributed by atoms with van der Waals surface area (Å²) in [5.41, 5.74) is 0.368. The third-order valence-electron chi connectivity index (χ3n) is 2.50. The number of nitro benzene ring substituents is 1. The van der Waals surface area contributed by atoms with Gasteiger partial charge >= 0.3 is 6.09 Å². The number of ether oxygens (including phenoxy) is 1. The van der Waals surface area contributed by atoms with Gasteiger partial charge in [0, 0.05) is 17.8 Å². The second-order valence-corrected chi connectivity index (χ2v) is 4.02. The minimum atomic E-state index is -0.669. The molecule has 1 amide bonds. The average molecular weight is 284 g/mol. The molecule has 1 N–H and O–H groups in total. The molecule has 0 fully saturated rings. The number of nitrogens with one attached hydrogen (secondary N) is 1. The Balaban J connectivity index is 1.96. The lowest BCUT2D eigenvalue weighted by atomic mass is 10.3. The van der Waals surface area contributed by atoms with Crippen LogP contribution in [0.1, 0.15) is 0 Å². The van der Waals surface area contributed by atoms with Crippen LogP contribution in [0, 0.1) is 10.1 Å². The Hall–Kier alpha value is -3.15. The fourth-order valence-corrected chi connectivity index (χ4v) is 1.53. The molecule has 1 aromatic carbocycles. The van der Waals surface area contributed by atoms with E-state index in [1.807, 2.05) is 6.08 Å². The van der Waals surface area contributed by atoms with Crippen LogP contribution in [0.25, 0.3) is 0 Å². The highest BCUT2D eigenvalue weighted by atomic mass is 16.6. The monoisotopic (exact) mass is 284 g/mol. The summed E-state index contributed by atoms with van der Waals surface area (Å²) in [6, 6.07) is 5.48. The van der Waals surface area contributed by atoms with Crippen molar-refractivity contribution in [1.29, 1.82) is 0 Å². The SMILES string of the molecule is O=C(Nc1ccc([N+](=O)[O-])cc1)OC1=C/C=C\C=C/C=C\1. The summed E-state index contributed by atoms with van der Waals surface area (Å²) in [5.74, 6) is 0.384. The van der Waals surface area contributed by atoms with Gasteiger partial charge < -0.3 is 4.74 Å². The van der Waals surface area contributed by atoms with Gasteiger partial charge in [-0.25, -0.2) is 4.79 Å². The van der Waals surface area contributed by atoms with Gasteiger partial charge in [0.2, 0.25) is 0 Å². The van der Waals surface area contributed by atoms with Crippen molar-refractivity contribution >= 4 is 17.5 Å². The van der Waals surface area contributed by atoms with Gasteiger partial charge in [-0.05, 0) is 24.3 Å². The fraction of sp³-hybridized carbons (Fsp3) is 0. The highest BCUT2D eigenvalue weighted by Crippen LogP contribution is 2.16. The number of nitro groups is 1. The Kier molecular flexibility index (Phi) is 4.66. The van der Waals surface area contributed by atoms with E-state index in [1.165, 1.54) is 24.3 Å². The maximum absolute atomic E-state index is 11.7. The van der Waals surface area contributed by atoms with Gasteiger partial charge in [0.15, 0.2) is 0 Å². The van der Waals surface area contributed by atoms with Crippen molar-refractivity contribution < 1.29 is 14.5 Å². The Labute approximate surface area is 120 Å². The summed E-state index contributed by atoms with van der Waals surface area (Å²) in [6.07, 6.45) is 11.6. The molecule has 0 saturated heterocycles. The van der Waals surface area contributed by atoms with Gasteiger partial charge in [-0.1, -0.05) is 30.4 Å². The zero-order chi connectivity index (χ0) is 15.1. The first-order valence-electron chi connectivity index (χ1n) is 6.10. The summed E-state index contributed by atoms with van der Waals surface area (Å²) in [5, 5.41) is 13.0. The largest absolute Gasteiger partial charge is 0.417 e. The third kappa shape index (κ3) is 4.46. The van der Waals surface area contributed by atoms with Crippen LogP contribution in [0.5, 0.6) is 0 Å². The third-order valence-corrected chi connectivity index (χ3v) is 2.50. The van der Waals surface area contributed by atoms with E-state index in [0.29, 0.717) is 11.4 Å². The smallest absolute Gasteiger partial charge is 0.410 e. The molecular weight excluding hydrogens is 272 g/mol. The van der Waals surface area contributed by atoms with E-state index in [1.54, 1.807) is 36.5 Å². The molecule has 0 spiro atoms. The standard InChI is InChI=1S/C15H12N2O4/c18-15(21-14-6-4-2-1-3-5-7-14)16-12-8-10-13(11-9-12)17(19)20/h1-11H,(H,16,18)/b2-1-,3-1?,4-2?,5-3-,6-4-,7-5?,14-6?,14-7+. The van der Waals surface area contributed by atoms with Crippen molar-refractivity contribution in [2.75, 3.05) is 5.32 Å². The average Bonchev–Trinajstić information content (AvgIpc) is 2.42. The number of nitrogens with zero attached hydrogens (tertiary/aromatic N) is 1. The predicted molar refractivity (Wildman–Crippen MR) is 78.7 cm³/mol. The summed E-state index contributed by atoms with van der Waals surface area (Å²) >= 11 is 0. The van der Waals surface area contributed by atoms with Gasteiger partial charge in [0.05, 0.1) is 4.92 Å². The molecule has 21 heavy (non-hydrogen) atoms. The van der Waals surface area contributed by atoms with Gasteiger partial charge in [-0.2, -0.15) is 0 Å². The number of hydrogen-bond donors (Lipinski definition) is 1. The van der Waals surface area contributed by atoms with Crippen molar-refractivity contribution in [1.82, 2.24) is 0 Å². The van der Waals surface area contributed by atoms with Crippen LogP contribution in [-0.2, 0) is 4.74 Å². The maximum Gasteiger partial charge on any atom is 0.417 e. The molecule has 6 nitrogen and oxygen atoms in total. The second-order valence-electron chi connectivity index (χ2n) is 4.02. The lowest BCUT2D eigenvalue weighted by molar-refractivity contribution is -0.384. The topological polar surface area (TPSA) is 81.5 Å². The number of rotatable bonds is 3. The lowest BCUT2D eigenvalue weighted by Crippen LogP contribution is -2.12. The molecule has 0 aromatic heterocycles. The van der Waals surface area contributed by atoms with Crippen LogP contribution >= 0.6 is 0 Å². The Morgan fingerprint density at radius 3 is 2.43 bits per heavy atom. The first-order valence-corrected chi connectivity index (χ1v) is 6.10. The molecule has 1 aromatic rings. The first-order chi connectivity index (χ1) is 10.1. The number of anilines is 1. The van der Waals surface area contributed by atoms with E-state index in [4.69, 9.17) is 4.74 Å². The van der Waals surface area contributed by atoms with Crippen molar-refractivity contribution in [3.05, 3.63) is 82.7 Å². The van der Waals surface area contributed by atoms with Gasteiger partial charge in [-0.15, -0.1) is 0 Å². The van der Waals surface area contributed by atoms with Gasteiger partial charge in [0.1, 0.15) is 5.76 Å². The highest BCUT2D eigenvalue weighted by molar-refractivity contribution is 5.85. The van der Waals surface area contributed by atoms with Crippen molar-refractivity contribution in [2.24, 2.45) is 0 Å². The Morgan fingerprint density at radius 2 is 1.71 bits per heavy atom. The predicted octanol–water partition coefficient (Wildman–Crippen LogP) is 3.71. The Morgan fingerprint density at radius 1 is 1.05 bits per heavy atom. The van der Waals surface area contributed by atoms with Crippen LogP contribution < -0.4 is 5.32 Å². The molecular formula is C15H12N2O4. The molecule has 1 aliphatic carbocycles. The number of hydrogen-bond acceptors (Lipinski definition) is 4. The van der Waals surface area contributed by atoms with Crippen LogP contribution in [-0.4, -0.2) is 11.0 Å². The zero-order valence-electron chi connectivity index (χ0n) is 10.9. The zero-order valence-corrected chi connectivity index (χ0v) is 10.9. The molecule has 0 unspecified atom stereocenters. The van der Waals surface area contributed by atoms with E-state index < -0.39 is 11.0 Å². The summed E-state index contributed by atoms with van der Waals surface area (Å²) in [7, 11) is 0. The number of allylic oxidation sites excluding steroid dienone is 7. The quantitative estimate of drug-likeness (QED) is 0.677. The minimum Gasteiger partial charge on any atom is -0.410 e. The van der Waals surface area contributed by atoms with Crippen LogP contribution in [0.3, 0.4) is 0 Å². The molecule has 0 radical (unpaired) electrons. The van der Waals surface area contributed by atoms with Crippen LogP contribution in [0.4, 0.5) is 16.2 Å². The molecule has 0 atom stereocenters. The molecule has 6 heteroatoms. The first kappa shape index (κ1) is 14.3. The molecule has 1 aliphatic rings. The fourth-order valence-electron chi connectivity index (χ4n) is 1.53. The van der Waals surface area contributed by atoms with Crippen molar-refractivity contribution in [2.45, 2.75) is 0 Å². The molecule has 0 aliphatic heterocycles. The van der Waals surface area contributed by atoms with Gasteiger partial charge in [-0.3, -0.25) is 15.4 Å². The van der Waals surface area contributed by atoms with E-state index in [9.17, 15) is 14.9 Å². The van der Waals surface area contributed by atoms with Crippen molar-refractivity contribution in [3.63, 3.8) is 0 Å². The number of benzene rings is 1. The van der Waals surface area contributed by atoms with E-state index in [-0.39, 0.29) is 5.69 Å². The maximum atomic E-state index is 11.7. The highest BCUT2D eigenvalue weighted by Gasteiger charge is 2.08. The molecule has 2 rings (SSSR count). The van der Waals surface area contributed by atoms with E-state index >= 15 is 0 Å². The van der Waals surface area contributed by atoms with Crippen LogP contribution in [0.2, 0.25) is 0 Å². The summed E-state index contributed by atoms with van der Waals surface area (Å²) < 4.78 is 5.11. The van der Waals surface area contributed by atoms with E-state index in [2.05, 4.69) is 5.32 Å². The molecule has 0 bridgehead atoms. The molecule has 0 heterocycles. The molecule has 106 valence electrons. The number of carbonyl (C=O) groups excluding carboxylic acids is 1. The normalized spacial score (nSPS) is 20.1. The minimum absolute atomic E-state index is 0.0449. The number of non-ortho nitro benzene ring substituents is 1. The van der Waals surface area contributed by atoms with Crippen LogP contribution in [0.15, 0.2) is 72.6 Å². The van der Waals surface area contributed by atoms with Crippen molar-refractivity contribution in [3.8, 4) is 0 Å².